The Morgan fingerprint density at radius 3 is 2.30 bits per heavy atom. The first kappa shape index (κ1) is 15.6. The highest BCUT2D eigenvalue weighted by atomic mass is 79.9. The lowest BCUT2D eigenvalue weighted by Crippen LogP contribution is -2.13. The Labute approximate surface area is 134 Å². The first-order valence-electron chi connectivity index (χ1n) is 6.76. The third kappa shape index (κ3) is 3.85. The second kappa shape index (κ2) is 6.75. The number of hydrogen-bond acceptors (Lipinski definition) is 1. The maximum Gasteiger partial charge on any atom is 0.0465 e. The maximum atomic E-state index is 6.28. The molecular formula is C17H19BrClN. The molecule has 106 valence electrons. The van der Waals surface area contributed by atoms with Gasteiger partial charge < -0.3 is 5.73 Å². The van der Waals surface area contributed by atoms with Gasteiger partial charge >= 0.3 is 0 Å². The lowest BCUT2D eigenvalue weighted by atomic mass is 9.96. The number of halogens is 2. The van der Waals surface area contributed by atoms with E-state index in [4.69, 9.17) is 17.3 Å². The first-order valence-corrected chi connectivity index (χ1v) is 7.94. The summed E-state index contributed by atoms with van der Waals surface area (Å²) in [5.41, 5.74) is 9.85. The molecule has 0 aliphatic rings. The molecule has 2 rings (SSSR count). The van der Waals surface area contributed by atoms with E-state index in [1.165, 1.54) is 11.1 Å². The smallest absolute Gasteiger partial charge is 0.0465 e. The molecule has 0 aromatic heterocycles. The topological polar surface area (TPSA) is 26.0 Å². The molecule has 0 aliphatic heterocycles. The molecule has 0 amide bonds. The van der Waals surface area contributed by atoms with Gasteiger partial charge in [-0.2, -0.15) is 0 Å². The van der Waals surface area contributed by atoms with Crippen molar-refractivity contribution in [1.82, 2.24) is 0 Å². The molecule has 0 aliphatic carbocycles. The summed E-state index contributed by atoms with van der Waals surface area (Å²) >= 11 is 9.66. The monoisotopic (exact) mass is 351 g/mol. The quantitative estimate of drug-likeness (QED) is 0.776. The van der Waals surface area contributed by atoms with E-state index in [2.05, 4.69) is 54.0 Å². The van der Waals surface area contributed by atoms with E-state index in [9.17, 15) is 0 Å². The van der Waals surface area contributed by atoms with Crippen LogP contribution in [0.4, 0.5) is 0 Å². The second-order valence-electron chi connectivity index (χ2n) is 5.37. The summed E-state index contributed by atoms with van der Waals surface area (Å²) in [6.45, 7) is 4.39. The fourth-order valence-electron chi connectivity index (χ4n) is 2.20. The zero-order chi connectivity index (χ0) is 14.7. The van der Waals surface area contributed by atoms with Crippen molar-refractivity contribution in [2.45, 2.75) is 32.2 Å². The SMILES string of the molecule is CC(C)c1ccc(CC(N)c2ccc(Br)cc2Cl)cc1. The summed E-state index contributed by atoms with van der Waals surface area (Å²) < 4.78 is 0.972. The molecule has 3 heteroatoms. The average Bonchev–Trinajstić information content (AvgIpc) is 2.39. The summed E-state index contributed by atoms with van der Waals surface area (Å²) in [6.07, 6.45) is 0.791. The highest BCUT2D eigenvalue weighted by molar-refractivity contribution is 9.10. The Balaban J connectivity index is 2.12. The summed E-state index contributed by atoms with van der Waals surface area (Å²) in [7, 11) is 0. The van der Waals surface area contributed by atoms with Gasteiger partial charge in [-0.3, -0.25) is 0 Å². The van der Waals surface area contributed by atoms with E-state index in [1.807, 2.05) is 18.2 Å². The number of nitrogens with two attached hydrogens (primary N) is 1. The van der Waals surface area contributed by atoms with Gasteiger partial charge in [-0.05, 0) is 41.2 Å². The number of hydrogen-bond donors (Lipinski definition) is 1. The Bertz CT molecular complexity index is 578. The van der Waals surface area contributed by atoms with E-state index in [0.717, 1.165) is 16.5 Å². The summed E-state index contributed by atoms with van der Waals surface area (Å²) in [4.78, 5) is 0. The molecular weight excluding hydrogens is 334 g/mol. The van der Waals surface area contributed by atoms with Gasteiger partial charge in [0.25, 0.3) is 0 Å². The summed E-state index contributed by atoms with van der Waals surface area (Å²) in [6, 6.07) is 14.4. The molecule has 2 aromatic rings. The summed E-state index contributed by atoms with van der Waals surface area (Å²) in [5, 5.41) is 0.714. The highest BCUT2D eigenvalue weighted by Crippen LogP contribution is 2.27. The zero-order valence-electron chi connectivity index (χ0n) is 11.7. The van der Waals surface area contributed by atoms with Crippen LogP contribution >= 0.6 is 27.5 Å². The molecule has 0 saturated heterocycles. The molecule has 0 heterocycles. The third-order valence-electron chi connectivity index (χ3n) is 3.46. The van der Waals surface area contributed by atoms with E-state index in [-0.39, 0.29) is 6.04 Å². The molecule has 1 atom stereocenters. The van der Waals surface area contributed by atoms with Crippen molar-refractivity contribution in [3.63, 3.8) is 0 Å². The molecule has 0 fully saturated rings. The Hall–Kier alpha value is -0.830. The molecule has 0 saturated carbocycles. The first-order chi connectivity index (χ1) is 9.47. The van der Waals surface area contributed by atoms with Crippen molar-refractivity contribution in [3.05, 3.63) is 68.7 Å². The Morgan fingerprint density at radius 2 is 1.75 bits per heavy atom. The van der Waals surface area contributed by atoms with Gasteiger partial charge in [-0.15, -0.1) is 0 Å². The van der Waals surface area contributed by atoms with E-state index < -0.39 is 0 Å². The van der Waals surface area contributed by atoms with Crippen LogP contribution in [0.25, 0.3) is 0 Å². The fraction of sp³-hybridized carbons (Fsp3) is 0.294. The Morgan fingerprint density at radius 1 is 1.10 bits per heavy atom. The van der Waals surface area contributed by atoms with Gasteiger partial charge in [-0.1, -0.05) is 71.7 Å². The van der Waals surface area contributed by atoms with Gasteiger partial charge in [0.1, 0.15) is 0 Å². The van der Waals surface area contributed by atoms with Crippen LogP contribution in [0.2, 0.25) is 5.02 Å². The normalized spacial score (nSPS) is 12.7. The van der Waals surface area contributed by atoms with Crippen LogP contribution < -0.4 is 5.73 Å². The van der Waals surface area contributed by atoms with Crippen LogP contribution in [0.15, 0.2) is 46.9 Å². The number of benzene rings is 2. The van der Waals surface area contributed by atoms with Crippen LogP contribution in [0.5, 0.6) is 0 Å². The standard InChI is InChI=1S/C17H19BrClN/c1-11(2)13-5-3-12(4-6-13)9-17(20)15-8-7-14(18)10-16(15)19/h3-8,10-11,17H,9,20H2,1-2H3. The summed E-state index contributed by atoms with van der Waals surface area (Å²) in [5.74, 6) is 0.554. The van der Waals surface area contributed by atoms with Crippen molar-refractivity contribution < 1.29 is 0 Å². The molecule has 1 unspecified atom stereocenters. The molecule has 1 nitrogen and oxygen atoms in total. The van der Waals surface area contributed by atoms with E-state index >= 15 is 0 Å². The van der Waals surface area contributed by atoms with Crippen LogP contribution in [0, 0.1) is 0 Å². The van der Waals surface area contributed by atoms with Gasteiger partial charge in [0.2, 0.25) is 0 Å². The second-order valence-corrected chi connectivity index (χ2v) is 6.70. The van der Waals surface area contributed by atoms with Crippen molar-refractivity contribution in [2.24, 2.45) is 5.73 Å². The molecule has 0 spiro atoms. The third-order valence-corrected chi connectivity index (χ3v) is 4.28. The van der Waals surface area contributed by atoms with Crippen molar-refractivity contribution in [2.75, 3.05) is 0 Å². The minimum absolute atomic E-state index is 0.0829. The predicted octanol–water partition coefficient (Wildman–Crippen LogP) is 5.47. The average molecular weight is 353 g/mol. The van der Waals surface area contributed by atoms with Crippen LogP contribution in [0.3, 0.4) is 0 Å². The minimum atomic E-state index is -0.0829. The Kier molecular flexibility index (Phi) is 5.25. The van der Waals surface area contributed by atoms with Gasteiger partial charge in [0, 0.05) is 15.5 Å². The van der Waals surface area contributed by atoms with Crippen LogP contribution in [-0.4, -0.2) is 0 Å². The lowest BCUT2D eigenvalue weighted by molar-refractivity contribution is 0.721. The predicted molar refractivity (Wildman–Crippen MR) is 90.3 cm³/mol. The highest BCUT2D eigenvalue weighted by Gasteiger charge is 2.11. The molecule has 20 heavy (non-hydrogen) atoms. The van der Waals surface area contributed by atoms with Gasteiger partial charge in [-0.25, -0.2) is 0 Å². The van der Waals surface area contributed by atoms with Gasteiger partial charge in [0.05, 0.1) is 0 Å². The minimum Gasteiger partial charge on any atom is -0.324 e. The molecule has 2 aromatic carbocycles. The van der Waals surface area contributed by atoms with Crippen molar-refractivity contribution in [3.8, 4) is 0 Å². The van der Waals surface area contributed by atoms with Crippen LogP contribution in [-0.2, 0) is 6.42 Å². The maximum absolute atomic E-state index is 6.28. The lowest BCUT2D eigenvalue weighted by Gasteiger charge is -2.15. The molecule has 0 bridgehead atoms. The van der Waals surface area contributed by atoms with Crippen LogP contribution in [0.1, 0.15) is 42.5 Å². The van der Waals surface area contributed by atoms with Gasteiger partial charge in [0.15, 0.2) is 0 Å². The zero-order valence-corrected chi connectivity index (χ0v) is 14.1. The van der Waals surface area contributed by atoms with E-state index in [1.54, 1.807) is 0 Å². The fourth-order valence-corrected chi connectivity index (χ4v) is 3.02. The molecule has 2 N–H and O–H groups in total. The molecule has 0 radical (unpaired) electrons. The van der Waals surface area contributed by atoms with Crippen molar-refractivity contribution in [1.29, 1.82) is 0 Å². The number of rotatable bonds is 4. The van der Waals surface area contributed by atoms with E-state index in [0.29, 0.717) is 10.9 Å². The largest absolute Gasteiger partial charge is 0.324 e. The van der Waals surface area contributed by atoms with Crippen molar-refractivity contribution >= 4 is 27.5 Å².